The number of aryl methyl sites for hydroxylation is 1. The number of fused-ring (bicyclic) bond motifs is 1. The molecule has 1 amide bonds. The number of methoxy groups -OCH3 is 1. The predicted molar refractivity (Wildman–Crippen MR) is 92.5 cm³/mol. The van der Waals surface area contributed by atoms with E-state index < -0.39 is 0 Å². The maximum absolute atomic E-state index is 11.9. The molecule has 128 valence electrons. The van der Waals surface area contributed by atoms with Crippen LogP contribution in [0, 0.1) is 0 Å². The van der Waals surface area contributed by atoms with Crippen LogP contribution in [0.25, 0.3) is 11.0 Å². The van der Waals surface area contributed by atoms with Gasteiger partial charge in [-0.3, -0.25) is 4.79 Å². The molecule has 0 fully saturated rings. The van der Waals surface area contributed by atoms with Crippen LogP contribution in [-0.4, -0.2) is 39.3 Å². The summed E-state index contributed by atoms with van der Waals surface area (Å²) in [4.78, 5) is 11.9. The van der Waals surface area contributed by atoms with Crippen molar-refractivity contribution in [3.05, 3.63) is 48.0 Å². The van der Waals surface area contributed by atoms with Gasteiger partial charge in [-0.05, 0) is 35.9 Å². The summed E-state index contributed by atoms with van der Waals surface area (Å²) in [6, 6.07) is 12.3. The molecule has 0 aliphatic heterocycles. The molecule has 0 saturated heterocycles. The maximum Gasteiger partial charge on any atom is 0.241 e. The smallest absolute Gasteiger partial charge is 0.241 e. The highest BCUT2D eigenvalue weighted by Crippen LogP contribution is 2.25. The minimum Gasteiger partial charge on any atom is -0.504 e. The molecule has 0 aliphatic rings. The number of aromatic nitrogens is 3. The molecule has 0 spiro atoms. The standard InChI is InChI=1S/C17H17N5O3/c1-25-16-10-12(6-7-15(16)23)11-18-20-17(24)8-9-22-14-5-3-2-4-13(14)19-21-22/h2-7,10-11,23H,8-9H2,1H3,(H,20,24)/b18-11+. The van der Waals surface area contributed by atoms with E-state index in [-0.39, 0.29) is 18.1 Å². The lowest BCUT2D eigenvalue weighted by Gasteiger charge is -2.04. The second-order valence-electron chi connectivity index (χ2n) is 5.28. The lowest BCUT2D eigenvalue weighted by molar-refractivity contribution is -0.121. The van der Waals surface area contributed by atoms with Gasteiger partial charge in [-0.2, -0.15) is 5.10 Å². The van der Waals surface area contributed by atoms with Gasteiger partial charge in [0.25, 0.3) is 0 Å². The first kappa shape index (κ1) is 16.4. The van der Waals surface area contributed by atoms with Crippen molar-refractivity contribution in [2.75, 3.05) is 7.11 Å². The van der Waals surface area contributed by atoms with Crippen LogP contribution in [0.4, 0.5) is 0 Å². The van der Waals surface area contributed by atoms with E-state index in [1.165, 1.54) is 19.4 Å². The molecule has 2 aromatic carbocycles. The number of amides is 1. The van der Waals surface area contributed by atoms with Crippen molar-refractivity contribution < 1.29 is 14.6 Å². The molecular weight excluding hydrogens is 322 g/mol. The Morgan fingerprint density at radius 1 is 1.36 bits per heavy atom. The van der Waals surface area contributed by atoms with Crippen LogP contribution in [0.15, 0.2) is 47.6 Å². The molecule has 3 aromatic rings. The number of nitrogens with zero attached hydrogens (tertiary/aromatic N) is 4. The fourth-order valence-electron chi connectivity index (χ4n) is 2.30. The van der Waals surface area contributed by atoms with Crippen LogP contribution in [0.2, 0.25) is 0 Å². The van der Waals surface area contributed by atoms with Crippen LogP contribution in [0.3, 0.4) is 0 Å². The summed E-state index contributed by atoms with van der Waals surface area (Å²) in [5.41, 5.74) is 4.83. The zero-order chi connectivity index (χ0) is 17.6. The van der Waals surface area contributed by atoms with Crippen molar-refractivity contribution in [3.8, 4) is 11.5 Å². The van der Waals surface area contributed by atoms with Gasteiger partial charge in [0.1, 0.15) is 5.52 Å². The number of phenolic OH excluding ortho intramolecular Hbond substituents is 1. The maximum atomic E-state index is 11.9. The normalized spacial score (nSPS) is 11.1. The van der Waals surface area contributed by atoms with Gasteiger partial charge in [-0.25, -0.2) is 10.1 Å². The average Bonchev–Trinajstić information content (AvgIpc) is 3.04. The van der Waals surface area contributed by atoms with E-state index in [1.54, 1.807) is 16.8 Å². The van der Waals surface area contributed by atoms with Crippen LogP contribution in [0.5, 0.6) is 11.5 Å². The third kappa shape index (κ3) is 3.92. The highest BCUT2D eigenvalue weighted by molar-refractivity contribution is 5.83. The fraction of sp³-hybridized carbons (Fsp3) is 0.176. The molecule has 1 aromatic heterocycles. The highest BCUT2D eigenvalue weighted by Gasteiger charge is 2.06. The van der Waals surface area contributed by atoms with Crippen molar-refractivity contribution in [3.63, 3.8) is 0 Å². The molecule has 0 aliphatic carbocycles. The monoisotopic (exact) mass is 339 g/mol. The molecule has 2 N–H and O–H groups in total. The number of nitrogens with one attached hydrogen (secondary N) is 1. The average molecular weight is 339 g/mol. The molecule has 8 heteroatoms. The summed E-state index contributed by atoms with van der Waals surface area (Å²) in [6.07, 6.45) is 1.70. The first-order valence-electron chi connectivity index (χ1n) is 7.64. The SMILES string of the molecule is COc1cc(/C=N/NC(=O)CCn2nnc3ccccc32)ccc1O. The van der Waals surface area contributed by atoms with E-state index in [0.717, 1.165) is 11.0 Å². The zero-order valence-electron chi connectivity index (χ0n) is 13.6. The number of ether oxygens (including phenoxy) is 1. The topological polar surface area (TPSA) is 102 Å². The van der Waals surface area contributed by atoms with Crippen LogP contribution >= 0.6 is 0 Å². The Balaban J connectivity index is 1.54. The quantitative estimate of drug-likeness (QED) is 0.525. The van der Waals surface area contributed by atoms with Gasteiger partial charge in [0.2, 0.25) is 5.91 Å². The Kier molecular flexibility index (Phi) is 4.89. The van der Waals surface area contributed by atoms with Gasteiger partial charge in [0.05, 0.1) is 25.4 Å². The molecule has 0 bridgehead atoms. The summed E-state index contributed by atoms with van der Waals surface area (Å²) in [5, 5.41) is 21.5. The Morgan fingerprint density at radius 2 is 2.20 bits per heavy atom. The van der Waals surface area contributed by atoms with E-state index in [9.17, 15) is 9.90 Å². The lowest BCUT2D eigenvalue weighted by atomic mass is 10.2. The van der Waals surface area contributed by atoms with Gasteiger partial charge in [0, 0.05) is 6.42 Å². The van der Waals surface area contributed by atoms with Crippen molar-refractivity contribution in [2.24, 2.45) is 5.10 Å². The lowest BCUT2D eigenvalue weighted by Crippen LogP contribution is -2.19. The second-order valence-corrected chi connectivity index (χ2v) is 5.28. The molecule has 0 radical (unpaired) electrons. The van der Waals surface area contributed by atoms with E-state index in [1.807, 2.05) is 24.3 Å². The van der Waals surface area contributed by atoms with E-state index in [0.29, 0.717) is 17.9 Å². The Morgan fingerprint density at radius 3 is 3.04 bits per heavy atom. The van der Waals surface area contributed by atoms with Crippen LogP contribution in [-0.2, 0) is 11.3 Å². The molecule has 0 saturated carbocycles. The summed E-state index contributed by atoms with van der Waals surface area (Å²) in [5.74, 6) is 0.152. The van der Waals surface area contributed by atoms with Gasteiger partial charge < -0.3 is 9.84 Å². The number of carbonyl (C=O) groups is 1. The van der Waals surface area contributed by atoms with E-state index in [4.69, 9.17) is 4.74 Å². The number of aromatic hydroxyl groups is 1. The molecular formula is C17H17N5O3. The minimum atomic E-state index is -0.235. The molecule has 0 unspecified atom stereocenters. The van der Waals surface area contributed by atoms with Crippen molar-refractivity contribution >= 4 is 23.2 Å². The van der Waals surface area contributed by atoms with Gasteiger partial charge in [-0.15, -0.1) is 5.10 Å². The molecule has 25 heavy (non-hydrogen) atoms. The van der Waals surface area contributed by atoms with E-state index in [2.05, 4.69) is 20.8 Å². The minimum absolute atomic E-state index is 0.0451. The van der Waals surface area contributed by atoms with Crippen LogP contribution in [0.1, 0.15) is 12.0 Å². The van der Waals surface area contributed by atoms with Crippen LogP contribution < -0.4 is 10.2 Å². The van der Waals surface area contributed by atoms with Gasteiger partial charge in [-0.1, -0.05) is 17.3 Å². The Labute approximate surface area is 143 Å². The largest absolute Gasteiger partial charge is 0.504 e. The van der Waals surface area contributed by atoms with Gasteiger partial charge >= 0.3 is 0 Å². The summed E-state index contributed by atoms with van der Waals surface area (Å²) >= 11 is 0. The number of carbonyl (C=O) groups excluding carboxylic acids is 1. The number of para-hydroxylation sites is 1. The number of hydrogen-bond donors (Lipinski definition) is 2. The summed E-state index contributed by atoms with van der Waals surface area (Å²) < 4.78 is 6.70. The fourth-order valence-corrected chi connectivity index (χ4v) is 2.30. The number of phenols is 1. The Hall–Kier alpha value is -3.42. The predicted octanol–water partition coefficient (Wildman–Crippen LogP) is 1.69. The molecule has 3 rings (SSSR count). The van der Waals surface area contributed by atoms with Crippen molar-refractivity contribution in [2.45, 2.75) is 13.0 Å². The number of benzene rings is 2. The van der Waals surface area contributed by atoms with Gasteiger partial charge in [0.15, 0.2) is 11.5 Å². The summed E-state index contributed by atoms with van der Waals surface area (Å²) in [7, 11) is 1.46. The van der Waals surface area contributed by atoms with E-state index >= 15 is 0 Å². The molecule has 1 heterocycles. The molecule has 0 atom stereocenters. The summed E-state index contributed by atoms with van der Waals surface area (Å²) in [6.45, 7) is 0.412. The van der Waals surface area contributed by atoms with Crippen molar-refractivity contribution in [1.82, 2.24) is 20.4 Å². The third-order valence-corrected chi connectivity index (χ3v) is 3.58. The highest BCUT2D eigenvalue weighted by atomic mass is 16.5. The Bertz CT molecular complexity index is 920. The second kappa shape index (κ2) is 7.43. The third-order valence-electron chi connectivity index (χ3n) is 3.58. The number of rotatable bonds is 6. The number of hydrogen-bond acceptors (Lipinski definition) is 6. The first-order valence-corrected chi connectivity index (χ1v) is 7.64. The first-order chi connectivity index (χ1) is 12.2. The zero-order valence-corrected chi connectivity index (χ0v) is 13.6. The number of hydrazone groups is 1. The molecule has 8 nitrogen and oxygen atoms in total. The van der Waals surface area contributed by atoms with Crippen molar-refractivity contribution in [1.29, 1.82) is 0 Å².